The summed E-state index contributed by atoms with van der Waals surface area (Å²) in [6, 6.07) is 4.24. The minimum Gasteiger partial charge on any atom is -0.452 e. The van der Waals surface area contributed by atoms with E-state index in [0.29, 0.717) is 5.02 Å². The number of hydrogen-bond acceptors (Lipinski definition) is 4. The Bertz CT molecular complexity index is 561. The number of amides is 2. The molecular weight excluding hydrogens is 319 g/mol. The Morgan fingerprint density at radius 1 is 1.19 bits per heavy atom. The van der Waals surface area contributed by atoms with Crippen LogP contribution in [-0.2, 0) is 14.3 Å². The van der Waals surface area contributed by atoms with Crippen molar-refractivity contribution in [2.75, 3.05) is 27.2 Å². The Morgan fingerprint density at radius 3 is 2.43 bits per heavy atom. The first-order chi connectivity index (χ1) is 9.81. The topological polar surface area (TPSA) is 75.7 Å². The molecule has 1 aromatic carbocycles. The van der Waals surface area contributed by atoms with Crippen molar-refractivity contribution < 1.29 is 19.1 Å². The van der Waals surface area contributed by atoms with Crippen LogP contribution in [0.5, 0.6) is 0 Å². The van der Waals surface area contributed by atoms with Crippen LogP contribution in [0.1, 0.15) is 10.4 Å². The Hall–Kier alpha value is -1.79. The molecule has 0 radical (unpaired) electrons. The highest BCUT2D eigenvalue weighted by molar-refractivity contribution is 6.42. The quantitative estimate of drug-likeness (QED) is 0.826. The lowest BCUT2D eigenvalue weighted by Gasteiger charge is -2.11. The fraction of sp³-hybridized carbons (Fsp3) is 0.308. The molecule has 1 N–H and O–H groups in total. The fourth-order valence-electron chi connectivity index (χ4n) is 1.22. The molecule has 0 atom stereocenters. The molecule has 2 amide bonds. The van der Waals surface area contributed by atoms with Gasteiger partial charge in [0.2, 0.25) is 5.91 Å². The summed E-state index contributed by atoms with van der Waals surface area (Å²) < 4.78 is 4.80. The van der Waals surface area contributed by atoms with E-state index in [1.165, 1.54) is 23.1 Å². The lowest BCUT2D eigenvalue weighted by Crippen LogP contribution is -2.38. The average molecular weight is 333 g/mol. The molecule has 0 aliphatic heterocycles. The maximum absolute atomic E-state index is 11.7. The molecule has 1 rings (SSSR count). The van der Waals surface area contributed by atoms with E-state index in [1.54, 1.807) is 14.1 Å². The zero-order valence-electron chi connectivity index (χ0n) is 11.5. The first kappa shape index (κ1) is 17.3. The van der Waals surface area contributed by atoms with Crippen molar-refractivity contribution in [2.24, 2.45) is 0 Å². The molecule has 0 fully saturated rings. The van der Waals surface area contributed by atoms with Crippen LogP contribution >= 0.6 is 23.2 Å². The van der Waals surface area contributed by atoms with Crippen LogP contribution < -0.4 is 5.32 Å². The molecule has 0 aliphatic carbocycles. The van der Waals surface area contributed by atoms with Gasteiger partial charge in [0, 0.05) is 14.1 Å². The maximum Gasteiger partial charge on any atom is 0.338 e. The van der Waals surface area contributed by atoms with E-state index < -0.39 is 18.5 Å². The van der Waals surface area contributed by atoms with E-state index in [9.17, 15) is 14.4 Å². The highest BCUT2D eigenvalue weighted by atomic mass is 35.5. The van der Waals surface area contributed by atoms with E-state index in [-0.39, 0.29) is 23.0 Å². The fourth-order valence-corrected chi connectivity index (χ4v) is 1.52. The van der Waals surface area contributed by atoms with E-state index in [4.69, 9.17) is 27.9 Å². The maximum atomic E-state index is 11.7. The highest BCUT2D eigenvalue weighted by Gasteiger charge is 2.12. The molecule has 0 aromatic heterocycles. The minimum atomic E-state index is -0.706. The number of carbonyl (C=O) groups excluding carboxylic acids is 3. The number of ether oxygens (including phenoxy) is 1. The summed E-state index contributed by atoms with van der Waals surface area (Å²) in [7, 11) is 3.14. The standard InChI is InChI=1S/C13H14Cl2N2O4/c1-17(2)12(19)6-16-11(18)7-21-13(20)8-3-4-9(14)10(15)5-8/h3-5H,6-7H2,1-2H3,(H,16,18). The Kier molecular flexibility index (Phi) is 6.45. The van der Waals surface area contributed by atoms with Crippen LogP contribution in [0.15, 0.2) is 18.2 Å². The highest BCUT2D eigenvalue weighted by Crippen LogP contribution is 2.22. The molecule has 0 heterocycles. The molecule has 0 saturated carbocycles. The molecule has 0 bridgehead atoms. The Balaban J connectivity index is 2.44. The predicted molar refractivity (Wildman–Crippen MR) is 78.4 cm³/mol. The summed E-state index contributed by atoms with van der Waals surface area (Å²) >= 11 is 11.5. The van der Waals surface area contributed by atoms with Crippen molar-refractivity contribution >= 4 is 41.0 Å². The largest absolute Gasteiger partial charge is 0.452 e. The number of nitrogens with zero attached hydrogens (tertiary/aromatic N) is 1. The van der Waals surface area contributed by atoms with Crippen LogP contribution in [-0.4, -0.2) is 49.9 Å². The van der Waals surface area contributed by atoms with Crippen LogP contribution in [0.3, 0.4) is 0 Å². The smallest absolute Gasteiger partial charge is 0.338 e. The molecular formula is C13H14Cl2N2O4. The van der Waals surface area contributed by atoms with Gasteiger partial charge in [-0.1, -0.05) is 23.2 Å². The zero-order valence-corrected chi connectivity index (χ0v) is 13.0. The van der Waals surface area contributed by atoms with Crippen LogP contribution in [0.25, 0.3) is 0 Å². The van der Waals surface area contributed by atoms with Crippen molar-refractivity contribution in [3.8, 4) is 0 Å². The second-order valence-corrected chi connectivity index (χ2v) is 5.08. The lowest BCUT2D eigenvalue weighted by atomic mass is 10.2. The number of esters is 1. The first-order valence-electron chi connectivity index (χ1n) is 5.90. The molecule has 1 aromatic rings. The lowest BCUT2D eigenvalue weighted by molar-refractivity contribution is -0.131. The van der Waals surface area contributed by atoms with Crippen LogP contribution in [0.4, 0.5) is 0 Å². The van der Waals surface area contributed by atoms with Crippen molar-refractivity contribution in [3.63, 3.8) is 0 Å². The van der Waals surface area contributed by atoms with E-state index in [0.717, 1.165) is 0 Å². The molecule has 0 spiro atoms. The van der Waals surface area contributed by atoms with Crippen molar-refractivity contribution in [1.82, 2.24) is 10.2 Å². The van der Waals surface area contributed by atoms with Gasteiger partial charge in [0.1, 0.15) is 0 Å². The second-order valence-electron chi connectivity index (χ2n) is 4.27. The van der Waals surface area contributed by atoms with Gasteiger partial charge in [-0.3, -0.25) is 9.59 Å². The minimum absolute atomic E-state index is 0.157. The number of carbonyl (C=O) groups is 3. The molecule has 114 valence electrons. The number of halogens is 2. The third kappa shape index (κ3) is 5.61. The summed E-state index contributed by atoms with van der Waals surface area (Å²) in [5, 5.41) is 2.86. The first-order valence-corrected chi connectivity index (χ1v) is 6.66. The van der Waals surface area contributed by atoms with E-state index in [2.05, 4.69) is 5.32 Å². The van der Waals surface area contributed by atoms with Crippen molar-refractivity contribution in [3.05, 3.63) is 33.8 Å². The summed E-state index contributed by atoms with van der Waals surface area (Å²) in [5.41, 5.74) is 0.182. The molecule has 0 saturated heterocycles. The summed E-state index contributed by atoms with van der Waals surface area (Å²) in [6.45, 7) is -0.643. The predicted octanol–water partition coefficient (Wildman–Crippen LogP) is 1.35. The Labute approximate surface area is 132 Å². The molecule has 6 nitrogen and oxygen atoms in total. The summed E-state index contributed by atoms with van der Waals surface area (Å²) in [4.78, 5) is 35.7. The molecule has 21 heavy (non-hydrogen) atoms. The average Bonchev–Trinajstić information content (AvgIpc) is 2.44. The Morgan fingerprint density at radius 2 is 1.86 bits per heavy atom. The van der Waals surface area contributed by atoms with Gasteiger partial charge in [0.05, 0.1) is 22.2 Å². The number of nitrogens with one attached hydrogen (secondary N) is 1. The SMILES string of the molecule is CN(C)C(=O)CNC(=O)COC(=O)c1ccc(Cl)c(Cl)c1. The zero-order chi connectivity index (χ0) is 16.0. The molecule has 8 heteroatoms. The number of hydrogen-bond donors (Lipinski definition) is 1. The van der Waals surface area contributed by atoms with Crippen molar-refractivity contribution in [1.29, 1.82) is 0 Å². The number of rotatable bonds is 5. The van der Waals surface area contributed by atoms with Gasteiger partial charge in [0.15, 0.2) is 6.61 Å². The molecule has 0 unspecified atom stereocenters. The third-order valence-corrected chi connectivity index (χ3v) is 3.16. The van der Waals surface area contributed by atoms with Crippen LogP contribution in [0.2, 0.25) is 10.0 Å². The second kappa shape index (κ2) is 7.85. The molecule has 0 aliphatic rings. The van der Waals surface area contributed by atoms with Gasteiger partial charge < -0.3 is 15.0 Å². The number of likely N-dealkylation sites (N-methyl/N-ethyl adjacent to an activating group) is 1. The normalized spacial score (nSPS) is 9.90. The van der Waals surface area contributed by atoms with Gasteiger partial charge >= 0.3 is 5.97 Å². The third-order valence-electron chi connectivity index (χ3n) is 2.43. The van der Waals surface area contributed by atoms with Gasteiger partial charge in [-0.15, -0.1) is 0 Å². The van der Waals surface area contributed by atoms with Gasteiger partial charge in [-0.2, -0.15) is 0 Å². The van der Waals surface area contributed by atoms with E-state index >= 15 is 0 Å². The van der Waals surface area contributed by atoms with Gasteiger partial charge in [0.25, 0.3) is 5.91 Å². The number of benzene rings is 1. The summed E-state index contributed by atoms with van der Waals surface area (Å²) in [6.07, 6.45) is 0. The monoisotopic (exact) mass is 332 g/mol. The summed E-state index contributed by atoms with van der Waals surface area (Å²) in [5.74, 6) is -1.54. The van der Waals surface area contributed by atoms with Gasteiger partial charge in [-0.25, -0.2) is 4.79 Å². The van der Waals surface area contributed by atoms with E-state index in [1.807, 2.05) is 0 Å². The van der Waals surface area contributed by atoms with Crippen LogP contribution in [0, 0.1) is 0 Å². The van der Waals surface area contributed by atoms with Crippen molar-refractivity contribution in [2.45, 2.75) is 0 Å². The van der Waals surface area contributed by atoms with Gasteiger partial charge in [-0.05, 0) is 18.2 Å².